The van der Waals surface area contributed by atoms with Crippen LogP contribution in [0.5, 0.6) is 5.75 Å². The summed E-state index contributed by atoms with van der Waals surface area (Å²) in [6, 6.07) is 20.3. The molecule has 2 aliphatic rings. The molecular formula is C37H29N3O9. The lowest BCUT2D eigenvalue weighted by Crippen LogP contribution is -2.63. The molecule has 2 aromatic carbocycles. The van der Waals surface area contributed by atoms with Crippen LogP contribution in [0.15, 0.2) is 88.3 Å². The number of aliphatic hydroxyl groups is 1. The molecule has 1 N–H and O–H groups in total. The summed E-state index contributed by atoms with van der Waals surface area (Å²) in [4.78, 5) is 57.7. The molecule has 1 aliphatic carbocycles. The van der Waals surface area contributed by atoms with E-state index in [1.165, 1.54) is 67.7 Å². The van der Waals surface area contributed by atoms with Crippen molar-refractivity contribution in [2.75, 3.05) is 6.61 Å². The zero-order valence-corrected chi connectivity index (χ0v) is 26.4. The Labute approximate surface area is 280 Å². The zero-order chi connectivity index (χ0) is 34.9. The third kappa shape index (κ3) is 6.30. The minimum Gasteiger partial charge on any atom is -0.482 e. The van der Waals surface area contributed by atoms with Crippen LogP contribution < -0.4 is 10.4 Å². The molecule has 12 nitrogen and oxygen atoms in total. The number of pyridine rings is 1. The second kappa shape index (κ2) is 12.8. The van der Waals surface area contributed by atoms with Crippen LogP contribution in [-0.4, -0.2) is 51.7 Å². The SMILES string of the molecule is CC(O)(COC(=O)c1ccc(C#N)cc1)C1CC(OC(=O)c2ccc(C#N)cc2)C2(C)Oc3cc(-c4cccnc4)oc(=O)c3C(=O)C2C1. The fourth-order valence-electron chi connectivity index (χ4n) is 6.32. The highest BCUT2D eigenvalue weighted by atomic mass is 16.6. The molecule has 5 atom stereocenters. The molecule has 0 spiro atoms. The van der Waals surface area contributed by atoms with Crippen molar-refractivity contribution in [1.29, 1.82) is 10.5 Å². The number of hydrogen-bond acceptors (Lipinski definition) is 12. The Balaban J connectivity index is 1.33. The molecule has 0 bridgehead atoms. The van der Waals surface area contributed by atoms with Gasteiger partial charge in [0.2, 0.25) is 0 Å². The Morgan fingerprint density at radius 3 is 2.22 bits per heavy atom. The molecule has 0 amide bonds. The summed E-state index contributed by atoms with van der Waals surface area (Å²) in [7, 11) is 0. The molecule has 1 aliphatic heterocycles. The number of hydrogen-bond donors (Lipinski definition) is 1. The van der Waals surface area contributed by atoms with Crippen molar-refractivity contribution in [1.82, 2.24) is 4.98 Å². The summed E-state index contributed by atoms with van der Waals surface area (Å²) >= 11 is 0. The van der Waals surface area contributed by atoms with Crippen LogP contribution in [0.1, 0.15) is 68.9 Å². The molecule has 5 unspecified atom stereocenters. The van der Waals surface area contributed by atoms with Crippen LogP contribution in [0, 0.1) is 34.5 Å². The number of benzene rings is 2. The van der Waals surface area contributed by atoms with Gasteiger partial charge in [0.25, 0.3) is 0 Å². The van der Waals surface area contributed by atoms with E-state index in [-0.39, 0.29) is 41.0 Å². The lowest BCUT2D eigenvalue weighted by molar-refractivity contribution is -0.153. The van der Waals surface area contributed by atoms with Gasteiger partial charge >= 0.3 is 17.6 Å². The van der Waals surface area contributed by atoms with E-state index in [1.54, 1.807) is 25.3 Å². The van der Waals surface area contributed by atoms with E-state index in [4.69, 9.17) is 29.2 Å². The molecule has 246 valence electrons. The first-order valence-corrected chi connectivity index (χ1v) is 15.4. The number of ether oxygens (including phenoxy) is 3. The standard InChI is InChI=1S/C37H29N3O9/c1-36(45,20-46-33(42)23-9-5-21(17-38)6-10-23)26-14-27-32(41)31-29(16-28(47-35(31)44)25-4-3-13-40-19-25)49-37(27,2)30(15-26)48-34(43)24-11-7-22(18-39)8-12-24/h3-13,16,19,26-27,30,45H,14-15,20H2,1-2H3. The number of Topliss-reactive ketones (excluding diaryl/α,β-unsaturated/α-hetero) is 1. The first kappa shape index (κ1) is 32.8. The molecule has 0 radical (unpaired) electrons. The lowest BCUT2D eigenvalue weighted by Gasteiger charge is -2.52. The number of ketones is 1. The maximum Gasteiger partial charge on any atom is 0.351 e. The van der Waals surface area contributed by atoms with Gasteiger partial charge in [-0.3, -0.25) is 9.78 Å². The Morgan fingerprint density at radius 2 is 1.63 bits per heavy atom. The summed E-state index contributed by atoms with van der Waals surface area (Å²) in [5.74, 6) is -3.88. The van der Waals surface area contributed by atoms with Gasteiger partial charge in [0, 0.05) is 24.0 Å². The first-order chi connectivity index (χ1) is 23.4. The molecule has 1 saturated carbocycles. The molecule has 2 aromatic heterocycles. The maximum absolute atomic E-state index is 14.2. The summed E-state index contributed by atoms with van der Waals surface area (Å²) < 4.78 is 23.4. The normalized spacial score (nSPS) is 22.1. The predicted octanol–water partition coefficient (Wildman–Crippen LogP) is 4.64. The van der Waals surface area contributed by atoms with Gasteiger partial charge in [0.15, 0.2) is 11.4 Å². The molecule has 3 heterocycles. The summed E-state index contributed by atoms with van der Waals surface area (Å²) in [5, 5.41) is 29.9. The summed E-state index contributed by atoms with van der Waals surface area (Å²) in [6.45, 7) is 2.59. The molecule has 4 aromatic rings. The minimum absolute atomic E-state index is 0.00402. The quantitative estimate of drug-likeness (QED) is 0.271. The van der Waals surface area contributed by atoms with E-state index in [0.29, 0.717) is 16.7 Å². The van der Waals surface area contributed by atoms with E-state index in [0.717, 1.165) is 0 Å². The number of fused-ring (bicyclic) bond motifs is 2. The Hall–Kier alpha value is -6.11. The highest BCUT2D eigenvalue weighted by molar-refractivity contribution is 6.02. The van der Waals surface area contributed by atoms with E-state index >= 15 is 0 Å². The molecule has 1 fully saturated rings. The zero-order valence-electron chi connectivity index (χ0n) is 26.4. The van der Waals surface area contributed by atoms with Gasteiger partial charge in [-0.1, -0.05) is 0 Å². The molecule has 6 rings (SSSR count). The molecule has 49 heavy (non-hydrogen) atoms. The van der Waals surface area contributed by atoms with Gasteiger partial charge in [0.1, 0.15) is 29.8 Å². The molecule has 12 heteroatoms. The Bertz CT molecular complexity index is 2080. The van der Waals surface area contributed by atoms with Gasteiger partial charge in [-0.15, -0.1) is 0 Å². The average Bonchev–Trinajstić information content (AvgIpc) is 3.11. The number of rotatable bonds is 7. The average molecular weight is 660 g/mol. The Kier molecular flexibility index (Phi) is 8.59. The largest absolute Gasteiger partial charge is 0.482 e. The van der Waals surface area contributed by atoms with Gasteiger partial charge in [-0.2, -0.15) is 10.5 Å². The number of aromatic nitrogens is 1. The van der Waals surface area contributed by atoms with Crippen LogP contribution in [0.2, 0.25) is 0 Å². The monoisotopic (exact) mass is 659 g/mol. The van der Waals surface area contributed by atoms with Gasteiger partial charge in [-0.25, -0.2) is 14.4 Å². The second-order valence-corrected chi connectivity index (χ2v) is 12.5. The maximum atomic E-state index is 14.2. The number of carbonyl (C=O) groups is 3. The van der Waals surface area contributed by atoms with Crippen LogP contribution in [-0.2, 0) is 9.47 Å². The second-order valence-electron chi connectivity index (χ2n) is 12.5. The first-order valence-electron chi connectivity index (χ1n) is 15.4. The van der Waals surface area contributed by atoms with E-state index in [1.807, 2.05) is 12.1 Å². The predicted molar refractivity (Wildman–Crippen MR) is 170 cm³/mol. The smallest absolute Gasteiger partial charge is 0.351 e. The highest BCUT2D eigenvalue weighted by Gasteiger charge is 2.60. The van der Waals surface area contributed by atoms with Crippen LogP contribution in [0.25, 0.3) is 11.3 Å². The number of esters is 2. The van der Waals surface area contributed by atoms with E-state index in [2.05, 4.69) is 4.98 Å². The minimum atomic E-state index is -1.72. The van der Waals surface area contributed by atoms with Crippen LogP contribution in [0.4, 0.5) is 0 Å². The van der Waals surface area contributed by atoms with Gasteiger partial charge < -0.3 is 23.7 Å². The third-order valence-electron chi connectivity index (χ3n) is 9.23. The summed E-state index contributed by atoms with van der Waals surface area (Å²) in [5.41, 5.74) is -2.94. The lowest BCUT2D eigenvalue weighted by atomic mass is 9.62. The fraction of sp³-hybridized carbons (Fsp3) is 0.270. The summed E-state index contributed by atoms with van der Waals surface area (Å²) in [6.07, 6.45) is 1.90. The third-order valence-corrected chi connectivity index (χ3v) is 9.23. The molecule has 0 saturated heterocycles. The number of nitrogens with zero attached hydrogens (tertiary/aromatic N) is 3. The molecular weight excluding hydrogens is 630 g/mol. The number of carbonyl (C=O) groups excluding carboxylic acids is 3. The van der Waals surface area contributed by atoms with E-state index < -0.39 is 59.1 Å². The van der Waals surface area contributed by atoms with Crippen molar-refractivity contribution in [2.45, 2.75) is 44.0 Å². The van der Waals surface area contributed by atoms with E-state index in [9.17, 15) is 24.3 Å². The van der Waals surface area contributed by atoms with Crippen molar-refractivity contribution in [3.05, 3.63) is 117 Å². The van der Waals surface area contributed by atoms with Gasteiger partial charge in [0.05, 0.1) is 45.9 Å². The highest BCUT2D eigenvalue weighted by Crippen LogP contribution is 2.50. The topological polar surface area (TPSA) is 190 Å². The Morgan fingerprint density at radius 1 is 1.00 bits per heavy atom. The van der Waals surface area contributed by atoms with Gasteiger partial charge in [-0.05, 0) is 93.3 Å². The van der Waals surface area contributed by atoms with Crippen molar-refractivity contribution >= 4 is 17.7 Å². The van der Waals surface area contributed by atoms with Crippen molar-refractivity contribution in [3.63, 3.8) is 0 Å². The van der Waals surface area contributed by atoms with Crippen molar-refractivity contribution in [2.24, 2.45) is 11.8 Å². The van der Waals surface area contributed by atoms with Crippen LogP contribution in [0.3, 0.4) is 0 Å². The van der Waals surface area contributed by atoms with Crippen molar-refractivity contribution < 1.29 is 38.1 Å². The number of nitriles is 2. The van der Waals surface area contributed by atoms with Crippen molar-refractivity contribution in [3.8, 4) is 29.2 Å². The van der Waals surface area contributed by atoms with Crippen LogP contribution >= 0.6 is 0 Å². The fourth-order valence-corrected chi connectivity index (χ4v) is 6.32.